The molecule has 0 fully saturated rings. The minimum absolute atomic E-state index is 0.288. The highest BCUT2D eigenvalue weighted by atomic mass is 19.4. The molecular weight excluding hydrogens is 229 g/mol. The van der Waals surface area contributed by atoms with Crippen LogP contribution in [0.5, 0.6) is 5.75 Å². The maximum absolute atomic E-state index is 11.9. The van der Waals surface area contributed by atoms with E-state index in [1.54, 1.807) is 0 Å². The summed E-state index contributed by atoms with van der Waals surface area (Å²) in [6.07, 6.45) is -3.15. The van der Waals surface area contributed by atoms with Crippen LogP contribution in [0.2, 0.25) is 0 Å². The van der Waals surface area contributed by atoms with Gasteiger partial charge in [0.25, 0.3) is 0 Å². The highest BCUT2D eigenvalue weighted by molar-refractivity contribution is 5.95. The number of rotatable bonds is 2. The molecule has 0 spiro atoms. The average molecular weight is 236 g/mol. The van der Waals surface area contributed by atoms with Crippen LogP contribution in [-0.4, -0.2) is 24.4 Å². The first-order valence-electron chi connectivity index (χ1n) is 3.92. The lowest BCUT2D eigenvalue weighted by molar-refractivity contribution is -0.274. The molecular formula is C8H7F3N2O3. The molecule has 0 saturated carbocycles. The monoisotopic (exact) mass is 236 g/mol. The number of carbonyl (C=O) groups is 1. The molecule has 0 aromatic carbocycles. The molecule has 0 aliphatic carbocycles. The summed E-state index contributed by atoms with van der Waals surface area (Å²) < 4.78 is 43.6. The van der Waals surface area contributed by atoms with Crippen molar-refractivity contribution in [3.63, 3.8) is 0 Å². The Labute approximate surface area is 88.0 Å². The van der Waals surface area contributed by atoms with E-state index < -0.39 is 23.8 Å². The summed E-state index contributed by atoms with van der Waals surface area (Å²) in [6, 6.07) is 0. The standard InChI is InChI=1S/C8H7F3N2O3/c1-15-7(14)4-2-13-3-5(6(4)12)16-8(9,10)11/h2-3H,1H3,(H2,12,13). The molecule has 0 atom stereocenters. The first-order valence-corrected chi connectivity index (χ1v) is 3.92. The number of nitrogens with two attached hydrogens (primary N) is 1. The summed E-state index contributed by atoms with van der Waals surface area (Å²) in [5, 5.41) is 0. The maximum Gasteiger partial charge on any atom is 0.573 e. The number of methoxy groups -OCH3 is 1. The number of nitrogen functional groups attached to an aromatic ring is 1. The van der Waals surface area contributed by atoms with E-state index >= 15 is 0 Å². The lowest BCUT2D eigenvalue weighted by Crippen LogP contribution is -2.19. The van der Waals surface area contributed by atoms with Gasteiger partial charge < -0.3 is 15.2 Å². The number of esters is 1. The highest BCUT2D eigenvalue weighted by Crippen LogP contribution is 2.29. The molecule has 5 nitrogen and oxygen atoms in total. The third-order valence-corrected chi connectivity index (χ3v) is 1.58. The summed E-state index contributed by atoms with van der Waals surface area (Å²) in [5.41, 5.74) is 4.54. The van der Waals surface area contributed by atoms with Crippen LogP contribution in [-0.2, 0) is 4.74 Å². The summed E-state index contributed by atoms with van der Waals surface area (Å²) in [4.78, 5) is 14.5. The lowest BCUT2D eigenvalue weighted by atomic mass is 10.2. The largest absolute Gasteiger partial charge is 0.573 e. The Morgan fingerprint density at radius 3 is 2.56 bits per heavy atom. The van der Waals surface area contributed by atoms with E-state index in [-0.39, 0.29) is 5.56 Å². The molecule has 0 radical (unpaired) electrons. The van der Waals surface area contributed by atoms with E-state index in [2.05, 4.69) is 14.5 Å². The van der Waals surface area contributed by atoms with Crippen molar-refractivity contribution in [3.05, 3.63) is 18.0 Å². The highest BCUT2D eigenvalue weighted by Gasteiger charge is 2.33. The number of aromatic nitrogens is 1. The number of hydrogen-bond acceptors (Lipinski definition) is 5. The van der Waals surface area contributed by atoms with Crippen LogP contribution < -0.4 is 10.5 Å². The zero-order chi connectivity index (χ0) is 12.3. The van der Waals surface area contributed by atoms with Crippen molar-refractivity contribution in [2.45, 2.75) is 6.36 Å². The third-order valence-electron chi connectivity index (χ3n) is 1.58. The zero-order valence-corrected chi connectivity index (χ0v) is 8.04. The molecule has 88 valence electrons. The summed E-state index contributed by atoms with van der Waals surface area (Å²) in [7, 11) is 1.07. The molecule has 1 aromatic heterocycles. The van der Waals surface area contributed by atoms with Gasteiger partial charge in [0.05, 0.1) is 19.0 Å². The van der Waals surface area contributed by atoms with Crippen molar-refractivity contribution >= 4 is 11.7 Å². The Hall–Kier alpha value is -1.99. The van der Waals surface area contributed by atoms with Gasteiger partial charge >= 0.3 is 12.3 Å². The molecule has 0 amide bonds. The average Bonchev–Trinajstić information content (AvgIpc) is 2.18. The second-order valence-electron chi connectivity index (χ2n) is 2.64. The van der Waals surface area contributed by atoms with Gasteiger partial charge in [0.15, 0.2) is 5.75 Å². The maximum atomic E-state index is 11.9. The normalized spacial score (nSPS) is 11.0. The molecule has 2 N–H and O–H groups in total. The number of anilines is 1. The van der Waals surface area contributed by atoms with Crippen LogP contribution in [0.3, 0.4) is 0 Å². The Morgan fingerprint density at radius 1 is 1.44 bits per heavy atom. The van der Waals surface area contributed by atoms with Gasteiger partial charge in [-0.05, 0) is 0 Å². The fraction of sp³-hybridized carbons (Fsp3) is 0.250. The fourth-order valence-corrected chi connectivity index (χ4v) is 0.930. The van der Waals surface area contributed by atoms with Crippen molar-refractivity contribution in [1.82, 2.24) is 4.98 Å². The smallest absolute Gasteiger partial charge is 0.465 e. The van der Waals surface area contributed by atoms with Crippen LogP contribution in [0.1, 0.15) is 10.4 Å². The van der Waals surface area contributed by atoms with Gasteiger partial charge in [0.2, 0.25) is 0 Å². The van der Waals surface area contributed by atoms with Gasteiger partial charge in [-0.1, -0.05) is 0 Å². The molecule has 1 rings (SSSR count). The number of carbonyl (C=O) groups excluding carboxylic acids is 1. The molecule has 0 aliphatic rings. The minimum atomic E-state index is -4.90. The van der Waals surface area contributed by atoms with Crippen LogP contribution >= 0.6 is 0 Å². The SMILES string of the molecule is COC(=O)c1cncc(OC(F)(F)F)c1N. The van der Waals surface area contributed by atoms with Gasteiger partial charge in [-0.2, -0.15) is 0 Å². The number of alkyl halides is 3. The fourth-order valence-electron chi connectivity index (χ4n) is 0.930. The minimum Gasteiger partial charge on any atom is -0.465 e. The van der Waals surface area contributed by atoms with Crippen molar-refractivity contribution in [2.75, 3.05) is 12.8 Å². The summed E-state index contributed by atoms with van der Waals surface area (Å²) in [6.45, 7) is 0. The number of hydrogen-bond donors (Lipinski definition) is 1. The van der Waals surface area contributed by atoms with E-state index in [9.17, 15) is 18.0 Å². The second-order valence-corrected chi connectivity index (χ2v) is 2.64. The Balaban J connectivity index is 3.09. The molecule has 0 aliphatic heterocycles. The lowest BCUT2D eigenvalue weighted by Gasteiger charge is -2.11. The van der Waals surface area contributed by atoms with Crippen LogP contribution in [0.4, 0.5) is 18.9 Å². The Morgan fingerprint density at radius 2 is 2.06 bits per heavy atom. The number of pyridine rings is 1. The summed E-state index contributed by atoms with van der Waals surface area (Å²) >= 11 is 0. The molecule has 1 heterocycles. The van der Waals surface area contributed by atoms with E-state index in [0.717, 1.165) is 19.5 Å². The first-order chi connectivity index (χ1) is 7.35. The van der Waals surface area contributed by atoms with Gasteiger partial charge in [-0.15, -0.1) is 13.2 Å². The number of ether oxygens (including phenoxy) is 2. The zero-order valence-electron chi connectivity index (χ0n) is 8.04. The van der Waals surface area contributed by atoms with Crippen LogP contribution in [0, 0.1) is 0 Å². The van der Waals surface area contributed by atoms with Gasteiger partial charge in [-0.3, -0.25) is 4.98 Å². The molecule has 0 bridgehead atoms. The van der Waals surface area contributed by atoms with Crippen molar-refractivity contribution < 1.29 is 27.4 Å². The second kappa shape index (κ2) is 4.25. The Kier molecular flexibility index (Phi) is 3.21. The number of halogens is 3. The molecule has 0 unspecified atom stereocenters. The van der Waals surface area contributed by atoms with Crippen molar-refractivity contribution in [3.8, 4) is 5.75 Å². The van der Waals surface area contributed by atoms with E-state index in [0.29, 0.717) is 0 Å². The topological polar surface area (TPSA) is 74.4 Å². The number of nitrogens with zero attached hydrogens (tertiary/aromatic N) is 1. The Bertz CT molecular complexity index is 406. The van der Waals surface area contributed by atoms with Gasteiger partial charge in [-0.25, -0.2) is 4.79 Å². The predicted molar refractivity (Wildman–Crippen MR) is 46.7 cm³/mol. The van der Waals surface area contributed by atoms with Crippen LogP contribution in [0.15, 0.2) is 12.4 Å². The summed E-state index contributed by atoms with van der Waals surface area (Å²) in [5.74, 6) is -1.63. The van der Waals surface area contributed by atoms with Crippen molar-refractivity contribution in [2.24, 2.45) is 0 Å². The van der Waals surface area contributed by atoms with E-state index in [4.69, 9.17) is 5.73 Å². The molecule has 8 heteroatoms. The molecule has 16 heavy (non-hydrogen) atoms. The first kappa shape index (κ1) is 12.1. The quantitative estimate of drug-likeness (QED) is 0.784. The molecule has 0 saturated heterocycles. The van der Waals surface area contributed by atoms with E-state index in [1.165, 1.54) is 0 Å². The van der Waals surface area contributed by atoms with E-state index in [1.807, 2.05) is 0 Å². The van der Waals surface area contributed by atoms with Gasteiger partial charge in [0.1, 0.15) is 5.56 Å². The predicted octanol–water partition coefficient (Wildman–Crippen LogP) is 1.35. The van der Waals surface area contributed by atoms with Crippen LogP contribution in [0.25, 0.3) is 0 Å². The van der Waals surface area contributed by atoms with Crippen molar-refractivity contribution in [1.29, 1.82) is 0 Å². The third kappa shape index (κ3) is 2.75. The van der Waals surface area contributed by atoms with Gasteiger partial charge in [0, 0.05) is 6.20 Å². The molecule has 1 aromatic rings.